The first-order valence-corrected chi connectivity index (χ1v) is 8.08. The van der Waals surface area contributed by atoms with Gasteiger partial charge in [-0.15, -0.1) is 0 Å². The van der Waals surface area contributed by atoms with Crippen LogP contribution in [0.3, 0.4) is 0 Å². The molecular formula is C18H34. The lowest BCUT2D eigenvalue weighted by Crippen LogP contribution is -1.98. The Morgan fingerprint density at radius 1 is 0.778 bits per heavy atom. The summed E-state index contributed by atoms with van der Waals surface area (Å²) in [6.07, 6.45) is 20.3. The molecule has 0 rings (SSSR count). The van der Waals surface area contributed by atoms with Crippen LogP contribution in [0.1, 0.15) is 84.0 Å². The van der Waals surface area contributed by atoms with Crippen LogP contribution in [0.4, 0.5) is 0 Å². The fourth-order valence-corrected chi connectivity index (χ4v) is 2.38. The molecule has 0 nitrogen and oxygen atoms in total. The molecule has 0 fully saturated rings. The molecule has 0 N–H and O–H groups in total. The van der Waals surface area contributed by atoms with Crippen molar-refractivity contribution in [3.8, 4) is 0 Å². The van der Waals surface area contributed by atoms with E-state index in [4.69, 9.17) is 0 Å². The summed E-state index contributed by atoms with van der Waals surface area (Å²) in [4.78, 5) is 0. The Morgan fingerprint density at radius 2 is 1.44 bits per heavy atom. The highest BCUT2D eigenvalue weighted by Gasteiger charge is 2.04. The molecule has 0 aliphatic heterocycles. The molecule has 0 aromatic rings. The van der Waals surface area contributed by atoms with Crippen molar-refractivity contribution in [1.29, 1.82) is 0 Å². The van der Waals surface area contributed by atoms with Crippen LogP contribution in [0.25, 0.3) is 0 Å². The third-order valence-corrected chi connectivity index (χ3v) is 3.72. The molecule has 106 valence electrons. The van der Waals surface area contributed by atoms with Gasteiger partial charge in [-0.25, -0.2) is 0 Å². The first-order valence-electron chi connectivity index (χ1n) is 8.08. The molecule has 0 aromatic heterocycles. The maximum atomic E-state index is 3.89. The molecule has 1 atom stereocenters. The minimum absolute atomic E-state index is 0.947. The summed E-state index contributed by atoms with van der Waals surface area (Å²) < 4.78 is 0. The number of unbranched alkanes of at least 4 members (excludes halogenated alkanes) is 6. The molecule has 1 unspecified atom stereocenters. The number of hydrogen-bond donors (Lipinski definition) is 0. The van der Waals surface area contributed by atoms with Crippen molar-refractivity contribution >= 4 is 0 Å². The average Bonchev–Trinajstić information content (AvgIpc) is 2.40. The van der Waals surface area contributed by atoms with Gasteiger partial charge in [-0.2, -0.15) is 0 Å². The molecule has 0 amide bonds. The lowest BCUT2D eigenvalue weighted by molar-refractivity contribution is 0.415. The van der Waals surface area contributed by atoms with E-state index in [2.05, 4.69) is 32.9 Å². The van der Waals surface area contributed by atoms with Crippen LogP contribution in [-0.4, -0.2) is 0 Å². The van der Waals surface area contributed by atoms with Crippen LogP contribution in [0, 0.1) is 19.8 Å². The van der Waals surface area contributed by atoms with Crippen LogP contribution < -0.4 is 0 Å². The first-order chi connectivity index (χ1) is 8.85. The van der Waals surface area contributed by atoms with E-state index in [0.29, 0.717) is 0 Å². The van der Waals surface area contributed by atoms with Crippen molar-refractivity contribution in [2.24, 2.45) is 5.92 Å². The van der Waals surface area contributed by atoms with E-state index >= 15 is 0 Å². The molecule has 0 saturated carbocycles. The lowest BCUT2D eigenvalue weighted by atomic mass is 9.93. The van der Waals surface area contributed by atoms with E-state index in [-0.39, 0.29) is 0 Å². The fraction of sp³-hybridized carbons (Fsp3) is 0.778. The highest BCUT2D eigenvalue weighted by atomic mass is 14.1. The van der Waals surface area contributed by atoms with Crippen LogP contribution in [-0.2, 0) is 0 Å². The van der Waals surface area contributed by atoms with Gasteiger partial charge < -0.3 is 0 Å². The average molecular weight is 250 g/mol. The predicted octanol–water partition coefficient (Wildman–Crippen LogP) is 6.53. The van der Waals surface area contributed by atoms with Crippen LogP contribution >= 0.6 is 0 Å². The maximum Gasteiger partial charge on any atom is -0.0348 e. The van der Waals surface area contributed by atoms with E-state index in [9.17, 15) is 0 Å². The second-order valence-corrected chi connectivity index (χ2v) is 5.38. The van der Waals surface area contributed by atoms with Crippen molar-refractivity contribution in [3.63, 3.8) is 0 Å². The van der Waals surface area contributed by atoms with E-state index in [1.165, 1.54) is 57.8 Å². The van der Waals surface area contributed by atoms with Crippen LogP contribution in [0.5, 0.6) is 0 Å². The van der Waals surface area contributed by atoms with Crippen molar-refractivity contribution < 1.29 is 0 Å². The zero-order valence-corrected chi connectivity index (χ0v) is 12.6. The summed E-state index contributed by atoms with van der Waals surface area (Å²) in [7, 11) is 0. The Balaban J connectivity index is 3.40. The second kappa shape index (κ2) is 14.8. The molecule has 18 heavy (non-hydrogen) atoms. The molecule has 0 heteroatoms. The van der Waals surface area contributed by atoms with E-state index < -0.39 is 0 Å². The standard InChI is InChI=1S/C18H34/c1-4-7-9-11-13-15-17-18(6-3)16-14-12-10-8-5-2/h10,12,18H,1-2,4-9,11,13-17H2,3H3/b12-10+. The normalized spacial score (nSPS) is 13.3. The topological polar surface area (TPSA) is 0 Å². The summed E-state index contributed by atoms with van der Waals surface area (Å²) in [6, 6.07) is 0. The van der Waals surface area contributed by atoms with E-state index in [1.807, 2.05) is 0 Å². The van der Waals surface area contributed by atoms with Gasteiger partial charge in [-0.3, -0.25) is 0 Å². The molecule has 0 heterocycles. The van der Waals surface area contributed by atoms with Gasteiger partial charge in [0.15, 0.2) is 0 Å². The maximum absolute atomic E-state index is 3.89. The van der Waals surface area contributed by atoms with Gasteiger partial charge in [0.05, 0.1) is 0 Å². The number of rotatable bonds is 13. The van der Waals surface area contributed by atoms with Crippen molar-refractivity contribution in [3.05, 3.63) is 26.0 Å². The lowest BCUT2D eigenvalue weighted by Gasteiger charge is -2.13. The molecule has 0 bridgehead atoms. The highest BCUT2D eigenvalue weighted by molar-refractivity contribution is 4.82. The van der Waals surface area contributed by atoms with E-state index in [1.54, 1.807) is 0 Å². The van der Waals surface area contributed by atoms with Gasteiger partial charge in [0.1, 0.15) is 0 Å². The Labute approximate surface area is 116 Å². The molecule has 0 spiro atoms. The number of allylic oxidation sites excluding steroid dienone is 2. The monoisotopic (exact) mass is 250 g/mol. The predicted molar refractivity (Wildman–Crippen MR) is 84.4 cm³/mol. The molecule has 2 radical (unpaired) electrons. The van der Waals surface area contributed by atoms with Gasteiger partial charge in [0.25, 0.3) is 0 Å². The van der Waals surface area contributed by atoms with E-state index in [0.717, 1.165) is 25.2 Å². The molecular weight excluding hydrogens is 216 g/mol. The summed E-state index contributed by atoms with van der Waals surface area (Å²) in [5, 5.41) is 0. The fourth-order valence-electron chi connectivity index (χ4n) is 2.38. The number of hydrogen-bond acceptors (Lipinski definition) is 0. The summed E-state index contributed by atoms with van der Waals surface area (Å²) >= 11 is 0. The Bertz CT molecular complexity index is 169. The van der Waals surface area contributed by atoms with Crippen LogP contribution in [0.15, 0.2) is 12.2 Å². The Hall–Kier alpha value is -0.260. The smallest absolute Gasteiger partial charge is 0.0348 e. The highest BCUT2D eigenvalue weighted by Crippen LogP contribution is 2.20. The minimum atomic E-state index is 0.947. The third-order valence-electron chi connectivity index (χ3n) is 3.72. The summed E-state index contributed by atoms with van der Waals surface area (Å²) in [5.41, 5.74) is 0. The van der Waals surface area contributed by atoms with Crippen molar-refractivity contribution in [2.45, 2.75) is 84.0 Å². The van der Waals surface area contributed by atoms with Gasteiger partial charge in [0, 0.05) is 0 Å². The second-order valence-electron chi connectivity index (χ2n) is 5.38. The molecule has 0 saturated heterocycles. The molecule has 0 aliphatic carbocycles. The van der Waals surface area contributed by atoms with Crippen molar-refractivity contribution in [2.75, 3.05) is 0 Å². The van der Waals surface area contributed by atoms with Gasteiger partial charge >= 0.3 is 0 Å². The first kappa shape index (κ1) is 17.7. The van der Waals surface area contributed by atoms with Crippen LogP contribution in [0.2, 0.25) is 0 Å². The molecule has 0 aliphatic rings. The zero-order chi connectivity index (χ0) is 13.5. The van der Waals surface area contributed by atoms with Gasteiger partial charge in [-0.1, -0.05) is 84.3 Å². The summed E-state index contributed by atoms with van der Waals surface area (Å²) in [5.74, 6) is 0.947. The summed E-state index contributed by atoms with van der Waals surface area (Å²) in [6.45, 7) is 10.1. The van der Waals surface area contributed by atoms with Gasteiger partial charge in [-0.05, 0) is 31.6 Å². The third kappa shape index (κ3) is 12.2. The quantitative estimate of drug-likeness (QED) is 0.257. The van der Waals surface area contributed by atoms with Gasteiger partial charge in [0.2, 0.25) is 0 Å². The SMILES string of the molecule is [CH2]CC/C=C/CCC(CC)CCCCCCC[CH2]. The zero-order valence-electron chi connectivity index (χ0n) is 12.6. The Morgan fingerprint density at radius 3 is 2.11 bits per heavy atom. The van der Waals surface area contributed by atoms with Crippen molar-refractivity contribution in [1.82, 2.24) is 0 Å². The largest absolute Gasteiger partial charge is 0.0885 e. The Kier molecular flexibility index (Phi) is 14.6. The molecule has 0 aromatic carbocycles. The minimum Gasteiger partial charge on any atom is -0.0885 e.